The standard InChI is InChI=1S/C28H20F2N6O2/c1-15-5-2-3-8-21(15)36-18(11-16-6-4-7-20(30)23(16)28(36)38)13-35-27-24(26(31)32-14-33-27)25(34-35)17-9-10-19(29)22(37)12-17/h2-12,14,37H,13H2,1H3,(H2,31,32,33). The normalized spacial score (nSPS) is 11.4. The van der Waals surface area contributed by atoms with Crippen molar-refractivity contribution in [3.63, 3.8) is 0 Å². The summed E-state index contributed by atoms with van der Waals surface area (Å²) in [5.74, 6) is -1.76. The van der Waals surface area contributed by atoms with Gasteiger partial charge in [0, 0.05) is 11.3 Å². The number of benzene rings is 3. The number of nitrogens with zero attached hydrogens (tertiary/aromatic N) is 5. The quantitative estimate of drug-likeness (QED) is 0.355. The van der Waals surface area contributed by atoms with E-state index in [1.807, 2.05) is 19.1 Å². The molecule has 188 valence electrons. The first-order chi connectivity index (χ1) is 18.3. The molecule has 0 aliphatic carbocycles. The average Bonchev–Trinajstić information content (AvgIpc) is 3.26. The molecule has 0 saturated heterocycles. The number of rotatable bonds is 4. The second-order valence-corrected chi connectivity index (χ2v) is 8.90. The maximum Gasteiger partial charge on any atom is 0.266 e. The van der Waals surface area contributed by atoms with Crippen LogP contribution in [0.15, 0.2) is 77.9 Å². The SMILES string of the molecule is Cc1ccccc1-n1c(Cn2nc(-c3ccc(F)c(O)c3)c3c(N)ncnc32)cc2cccc(F)c2c1=O. The van der Waals surface area contributed by atoms with Gasteiger partial charge in [0.2, 0.25) is 0 Å². The largest absolute Gasteiger partial charge is 0.505 e. The molecule has 0 radical (unpaired) electrons. The van der Waals surface area contributed by atoms with Crippen molar-refractivity contribution in [3.8, 4) is 22.7 Å². The Morgan fingerprint density at radius 3 is 2.55 bits per heavy atom. The van der Waals surface area contributed by atoms with Gasteiger partial charge in [-0.2, -0.15) is 5.10 Å². The molecule has 6 aromatic rings. The van der Waals surface area contributed by atoms with Gasteiger partial charge < -0.3 is 10.8 Å². The Morgan fingerprint density at radius 1 is 0.947 bits per heavy atom. The van der Waals surface area contributed by atoms with E-state index in [-0.39, 0.29) is 17.7 Å². The maximum absolute atomic E-state index is 14.8. The van der Waals surface area contributed by atoms with Gasteiger partial charge in [0.05, 0.1) is 23.0 Å². The second-order valence-electron chi connectivity index (χ2n) is 8.90. The minimum Gasteiger partial charge on any atom is -0.505 e. The summed E-state index contributed by atoms with van der Waals surface area (Å²) in [5.41, 5.74) is 8.76. The number of phenols is 1. The van der Waals surface area contributed by atoms with Crippen LogP contribution in [0.3, 0.4) is 0 Å². The molecule has 0 atom stereocenters. The van der Waals surface area contributed by atoms with E-state index < -0.39 is 22.9 Å². The molecular formula is C28H20F2N6O2. The molecule has 38 heavy (non-hydrogen) atoms. The van der Waals surface area contributed by atoms with Crippen LogP contribution in [-0.4, -0.2) is 29.4 Å². The molecule has 3 N–H and O–H groups in total. The molecular weight excluding hydrogens is 490 g/mol. The van der Waals surface area contributed by atoms with Crippen LogP contribution >= 0.6 is 0 Å². The summed E-state index contributed by atoms with van der Waals surface area (Å²) in [4.78, 5) is 22.2. The number of nitrogen functional groups attached to an aromatic ring is 1. The predicted molar refractivity (Wildman–Crippen MR) is 140 cm³/mol. The van der Waals surface area contributed by atoms with Gasteiger partial charge in [-0.05, 0) is 54.3 Å². The zero-order valence-electron chi connectivity index (χ0n) is 20.1. The van der Waals surface area contributed by atoms with Crippen LogP contribution < -0.4 is 11.3 Å². The lowest BCUT2D eigenvalue weighted by molar-refractivity contribution is 0.432. The summed E-state index contributed by atoms with van der Waals surface area (Å²) in [6.07, 6.45) is 1.30. The van der Waals surface area contributed by atoms with Gasteiger partial charge in [-0.3, -0.25) is 9.36 Å². The van der Waals surface area contributed by atoms with Crippen LogP contribution in [0, 0.1) is 18.6 Å². The highest BCUT2D eigenvalue weighted by atomic mass is 19.1. The molecule has 3 heterocycles. The number of aryl methyl sites for hydroxylation is 1. The molecule has 0 amide bonds. The molecule has 10 heteroatoms. The Labute approximate surface area is 214 Å². The molecule has 0 spiro atoms. The number of nitrogens with two attached hydrogens (primary N) is 1. The topological polar surface area (TPSA) is 112 Å². The maximum atomic E-state index is 14.8. The number of para-hydroxylation sites is 1. The summed E-state index contributed by atoms with van der Waals surface area (Å²) in [6.45, 7) is 1.93. The molecule has 0 bridgehead atoms. The monoisotopic (exact) mass is 510 g/mol. The van der Waals surface area contributed by atoms with Gasteiger partial charge in [0.1, 0.15) is 23.7 Å². The van der Waals surface area contributed by atoms with Gasteiger partial charge in [-0.25, -0.2) is 23.4 Å². The highest BCUT2D eigenvalue weighted by molar-refractivity contribution is 5.98. The molecule has 3 aromatic heterocycles. The van der Waals surface area contributed by atoms with Crippen molar-refractivity contribution in [2.75, 3.05) is 5.73 Å². The van der Waals surface area contributed by atoms with E-state index in [1.165, 1.54) is 29.1 Å². The smallest absolute Gasteiger partial charge is 0.266 e. The average molecular weight is 511 g/mol. The van der Waals surface area contributed by atoms with E-state index in [1.54, 1.807) is 35.0 Å². The zero-order valence-corrected chi connectivity index (χ0v) is 20.1. The van der Waals surface area contributed by atoms with Crippen LogP contribution in [0.2, 0.25) is 0 Å². The van der Waals surface area contributed by atoms with E-state index in [9.17, 15) is 18.7 Å². The lowest BCUT2D eigenvalue weighted by atomic mass is 10.1. The molecule has 0 fully saturated rings. The number of phenolic OH excluding ortho intramolecular Hbond substituents is 1. The lowest BCUT2D eigenvalue weighted by Crippen LogP contribution is -2.25. The van der Waals surface area contributed by atoms with E-state index in [4.69, 9.17) is 5.73 Å². The number of anilines is 1. The minimum absolute atomic E-state index is 0.0149. The predicted octanol–water partition coefficient (Wildman–Crippen LogP) is 4.72. The molecule has 0 aliphatic heterocycles. The Balaban J connectivity index is 1.62. The van der Waals surface area contributed by atoms with Crippen LogP contribution in [0.1, 0.15) is 11.3 Å². The van der Waals surface area contributed by atoms with Gasteiger partial charge in [0.15, 0.2) is 17.2 Å². The van der Waals surface area contributed by atoms with Gasteiger partial charge >= 0.3 is 0 Å². The highest BCUT2D eigenvalue weighted by Crippen LogP contribution is 2.33. The molecule has 0 aliphatic rings. The molecule has 3 aromatic carbocycles. The number of hydrogen-bond donors (Lipinski definition) is 2. The van der Waals surface area contributed by atoms with Crippen molar-refractivity contribution in [2.24, 2.45) is 0 Å². The number of aromatic hydroxyl groups is 1. The van der Waals surface area contributed by atoms with E-state index in [2.05, 4.69) is 15.1 Å². The Morgan fingerprint density at radius 2 is 1.76 bits per heavy atom. The van der Waals surface area contributed by atoms with Crippen molar-refractivity contribution >= 4 is 27.6 Å². The Bertz CT molecular complexity index is 1950. The Hall–Kier alpha value is -5.12. The van der Waals surface area contributed by atoms with E-state index >= 15 is 0 Å². The highest BCUT2D eigenvalue weighted by Gasteiger charge is 2.21. The lowest BCUT2D eigenvalue weighted by Gasteiger charge is -2.17. The third kappa shape index (κ3) is 3.65. The van der Waals surface area contributed by atoms with Gasteiger partial charge in [-0.1, -0.05) is 30.3 Å². The van der Waals surface area contributed by atoms with Gasteiger partial charge in [0.25, 0.3) is 5.56 Å². The molecule has 0 unspecified atom stereocenters. The minimum atomic E-state index is -0.771. The summed E-state index contributed by atoms with van der Waals surface area (Å²) >= 11 is 0. The first kappa shape index (κ1) is 23.3. The summed E-state index contributed by atoms with van der Waals surface area (Å²) in [7, 11) is 0. The number of fused-ring (bicyclic) bond motifs is 2. The Kier molecular flexibility index (Phi) is 5.37. The summed E-state index contributed by atoms with van der Waals surface area (Å²) < 4.78 is 31.6. The fourth-order valence-electron chi connectivity index (χ4n) is 4.72. The first-order valence-electron chi connectivity index (χ1n) is 11.7. The summed E-state index contributed by atoms with van der Waals surface area (Å²) in [5, 5.41) is 15.5. The zero-order chi connectivity index (χ0) is 26.6. The molecule has 0 saturated carbocycles. The van der Waals surface area contributed by atoms with Crippen molar-refractivity contribution in [1.82, 2.24) is 24.3 Å². The van der Waals surface area contributed by atoms with Crippen LogP contribution in [0.4, 0.5) is 14.6 Å². The molecule has 8 nitrogen and oxygen atoms in total. The van der Waals surface area contributed by atoms with Crippen molar-refractivity contribution in [2.45, 2.75) is 13.5 Å². The van der Waals surface area contributed by atoms with Crippen molar-refractivity contribution in [1.29, 1.82) is 0 Å². The number of hydrogen-bond acceptors (Lipinski definition) is 6. The fourth-order valence-corrected chi connectivity index (χ4v) is 4.72. The van der Waals surface area contributed by atoms with Crippen molar-refractivity contribution < 1.29 is 13.9 Å². The number of aromatic nitrogens is 5. The summed E-state index contributed by atoms with van der Waals surface area (Å²) in [6, 6.07) is 17.4. The third-order valence-corrected chi connectivity index (χ3v) is 6.52. The second kappa shape index (κ2) is 8.77. The number of halogens is 2. The third-order valence-electron chi connectivity index (χ3n) is 6.52. The first-order valence-corrected chi connectivity index (χ1v) is 11.7. The number of pyridine rings is 1. The van der Waals surface area contributed by atoms with Crippen LogP contribution in [0.5, 0.6) is 5.75 Å². The van der Waals surface area contributed by atoms with E-state index in [0.29, 0.717) is 39.1 Å². The van der Waals surface area contributed by atoms with Crippen LogP contribution in [0.25, 0.3) is 38.8 Å². The fraction of sp³-hybridized carbons (Fsp3) is 0.0714. The molecule has 6 rings (SSSR count). The van der Waals surface area contributed by atoms with Crippen LogP contribution in [-0.2, 0) is 6.54 Å². The van der Waals surface area contributed by atoms with Crippen molar-refractivity contribution in [3.05, 3.63) is 106 Å². The van der Waals surface area contributed by atoms with E-state index in [0.717, 1.165) is 11.6 Å². The van der Waals surface area contributed by atoms with Gasteiger partial charge in [-0.15, -0.1) is 0 Å².